The molecule has 0 bridgehead atoms. The number of hydrogen-bond donors (Lipinski definition) is 1. The second-order valence-electron chi connectivity index (χ2n) is 3.26. The van der Waals surface area contributed by atoms with E-state index in [1.54, 1.807) is 0 Å². The van der Waals surface area contributed by atoms with Gasteiger partial charge in [-0.3, -0.25) is 0 Å². The van der Waals surface area contributed by atoms with E-state index in [1.165, 1.54) is 22.9 Å². The van der Waals surface area contributed by atoms with Crippen LogP contribution in [0.4, 0.5) is 0 Å². The zero-order valence-electron chi connectivity index (χ0n) is 12.3. The van der Waals surface area contributed by atoms with Gasteiger partial charge in [0.1, 0.15) is 0 Å². The Hall–Kier alpha value is 1.23. The molecule has 1 atom stereocenters. The highest BCUT2D eigenvalue weighted by atomic mass is 79.9. The van der Waals surface area contributed by atoms with E-state index < -0.39 is 0 Å². The SMILES string of the molecule is Br.Br.Br.Br.C=CCc1cccc(C)c1C.CCP.N.O. The van der Waals surface area contributed by atoms with Crippen molar-refractivity contribution in [1.82, 2.24) is 6.15 Å². The lowest BCUT2D eigenvalue weighted by atomic mass is 10.0. The second kappa shape index (κ2) is 28.4. The summed E-state index contributed by atoms with van der Waals surface area (Å²) in [6.45, 7) is 10.1. The topological polar surface area (TPSA) is 66.5 Å². The highest BCUT2D eigenvalue weighted by Crippen LogP contribution is 2.12. The molecule has 0 aliphatic rings. The molecule has 0 heterocycles. The molecule has 126 valence electrons. The molecule has 20 heavy (non-hydrogen) atoms. The molecule has 0 saturated heterocycles. The summed E-state index contributed by atoms with van der Waals surface area (Å²) in [5.41, 5.74) is 4.15. The van der Waals surface area contributed by atoms with E-state index in [9.17, 15) is 0 Å². The highest BCUT2D eigenvalue weighted by molar-refractivity contribution is 8.93. The maximum atomic E-state index is 3.73. The average molecular weight is 567 g/mol. The molecule has 0 aliphatic heterocycles. The van der Waals surface area contributed by atoms with Gasteiger partial charge in [0.25, 0.3) is 0 Å². The number of hydrogen-bond acceptors (Lipinski definition) is 1. The minimum atomic E-state index is 0. The van der Waals surface area contributed by atoms with Gasteiger partial charge in [0.05, 0.1) is 0 Å². The Morgan fingerprint density at radius 3 is 1.85 bits per heavy atom. The zero-order chi connectivity index (χ0) is 11.0. The summed E-state index contributed by atoms with van der Waals surface area (Å²) < 4.78 is 0. The summed E-state index contributed by atoms with van der Waals surface area (Å²) in [5.74, 6) is 0. The molecule has 0 amide bonds. The smallest absolute Gasteiger partial charge is 0.00974 e. The summed E-state index contributed by atoms with van der Waals surface area (Å²) >= 11 is 0. The van der Waals surface area contributed by atoms with E-state index in [1.807, 2.05) is 6.08 Å². The summed E-state index contributed by atoms with van der Waals surface area (Å²) in [6.07, 6.45) is 4.09. The van der Waals surface area contributed by atoms with Crippen LogP contribution in [-0.2, 0) is 6.42 Å². The summed E-state index contributed by atoms with van der Waals surface area (Å²) in [6, 6.07) is 6.40. The van der Waals surface area contributed by atoms with Gasteiger partial charge < -0.3 is 11.6 Å². The maximum absolute atomic E-state index is 3.73. The Balaban J connectivity index is -0.0000000348. The number of benzene rings is 1. The van der Waals surface area contributed by atoms with Crippen molar-refractivity contribution in [2.24, 2.45) is 0 Å². The quantitative estimate of drug-likeness (QED) is 0.370. The van der Waals surface area contributed by atoms with E-state index in [4.69, 9.17) is 0 Å². The molecule has 1 aromatic rings. The Morgan fingerprint density at radius 2 is 1.50 bits per heavy atom. The lowest BCUT2D eigenvalue weighted by molar-refractivity contribution is 0.824. The third kappa shape index (κ3) is 19.2. The molecule has 0 spiro atoms. The number of aryl methyl sites for hydroxylation is 1. The van der Waals surface area contributed by atoms with Gasteiger partial charge in [0.2, 0.25) is 0 Å². The molecule has 0 aromatic heterocycles. The Labute approximate surface area is 168 Å². The standard InChI is InChI=1S/C11H14.C2H7P.4BrH.H3N.H2O/c1-4-6-11-8-5-7-9(2)10(11)3;1-2-3;;;;;;/h4-5,7-8H,1,6H2,2-3H3;2-3H2,1H3;4*1H;1H3;1H2. The molecule has 5 N–H and O–H groups in total. The van der Waals surface area contributed by atoms with E-state index in [0.29, 0.717) is 0 Å². The first-order valence-electron chi connectivity index (χ1n) is 5.03. The molecule has 0 aliphatic carbocycles. The summed E-state index contributed by atoms with van der Waals surface area (Å²) in [5, 5.41) is 0. The predicted octanol–water partition coefficient (Wildman–Crippen LogP) is 5.56. The summed E-state index contributed by atoms with van der Waals surface area (Å²) in [4.78, 5) is 0. The average Bonchev–Trinajstić information content (AvgIpc) is 2.15. The third-order valence-corrected chi connectivity index (χ3v) is 2.08. The van der Waals surface area contributed by atoms with Crippen LogP contribution in [0.2, 0.25) is 0 Å². The van der Waals surface area contributed by atoms with E-state index in [0.717, 1.165) is 6.42 Å². The van der Waals surface area contributed by atoms with Gasteiger partial charge in [0.15, 0.2) is 0 Å². The van der Waals surface area contributed by atoms with Crippen LogP contribution < -0.4 is 6.15 Å². The lowest BCUT2D eigenvalue weighted by Crippen LogP contribution is -1.88. The first-order valence-corrected chi connectivity index (χ1v) is 5.85. The number of rotatable bonds is 2. The Kier molecular flexibility index (Phi) is 60.9. The van der Waals surface area contributed by atoms with Crippen molar-refractivity contribution in [2.75, 3.05) is 6.16 Å². The van der Waals surface area contributed by atoms with Crippen LogP contribution in [0, 0.1) is 13.8 Å². The summed E-state index contributed by atoms with van der Waals surface area (Å²) in [7, 11) is 2.58. The van der Waals surface area contributed by atoms with Crippen molar-refractivity contribution in [3.8, 4) is 0 Å². The van der Waals surface area contributed by atoms with Gasteiger partial charge in [-0.25, -0.2) is 0 Å². The van der Waals surface area contributed by atoms with Crippen LogP contribution in [0.25, 0.3) is 0 Å². The minimum Gasteiger partial charge on any atom is -0.412 e. The van der Waals surface area contributed by atoms with Crippen molar-refractivity contribution in [3.63, 3.8) is 0 Å². The van der Waals surface area contributed by atoms with Gasteiger partial charge in [-0.1, -0.05) is 31.2 Å². The van der Waals surface area contributed by atoms with Gasteiger partial charge in [-0.05, 0) is 43.1 Å². The van der Waals surface area contributed by atoms with E-state index >= 15 is 0 Å². The molecule has 1 rings (SSSR count). The molecule has 0 saturated carbocycles. The third-order valence-electron chi connectivity index (χ3n) is 2.08. The van der Waals surface area contributed by atoms with Gasteiger partial charge >= 0.3 is 0 Å². The van der Waals surface area contributed by atoms with Gasteiger partial charge in [-0.15, -0.1) is 83.7 Å². The monoisotopic (exact) mass is 563 g/mol. The second-order valence-corrected chi connectivity index (χ2v) is 4.08. The van der Waals surface area contributed by atoms with Crippen molar-refractivity contribution in [2.45, 2.75) is 27.2 Å². The van der Waals surface area contributed by atoms with Crippen molar-refractivity contribution in [3.05, 3.63) is 47.5 Å². The lowest BCUT2D eigenvalue weighted by Gasteiger charge is -2.04. The van der Waals surface area contributed by atoms with Crippen LogP contribution in [0.1, 0.15) is 23.6 Å². The first kappa shape index (κ1) is 42.9. The van der Waals surface area contributed by atoms with E-state index in [2.05, 4.69) is 54.8 Å². The van der Waals surface area contributed by atoms with Crippen molar-refractivity contribution < 1.29 is 5.48 Å². The number of halogens is 4. The van der Waals surface area contributed by atoms with Crippen LogP contribution in [0.3, 0.4) is 0 Å². The Bertz CT molecular complexity index is 302. The molecular weight excluding hydrogens is 537 g/mol. The molecule has 0 fully saturated rings. The van der Waals surface area contributed by atoms with Gasteiger partial charge in [-0.2, -0.15) is 0 Å². The van der Waals surface area contributed by atoms with Crippen LogP contribution in [0.5, 0.6) is 0 Å². The molecular formula is C13H30Br4NOP. The minimum absolute atomic E-state index is 0. The van der Waals surface area contributed by atoms with Crippen LogP contribution in [0.15, 0.2) is 30.9 Å². The van der Waals surface area contributed by atoms with E-state index in [-0.39, 0.29) is 79.6 Å². The normalized spacial score (nSPS) is 6.20. The molecule has 1 aromatic carbocycles. The van der Waals surface area contributed by atoms with Crippen molar-refractivity contribution in [1.29, 1.82) is 0 Å². The molecule has 1 unspecified atom stereocenters. The first-order chi connectivity index (χ1) is 6.67. The van der Waals surface area contributed by atoms with Crippen molar-refractivity contribution >= 4 is 77.2 Å². The number of allylic oxidation sites excluding steroid dienone is 1. The highest BCUT2D eigenvalue weighted by Gasteiger charge is 1.96. The molecule has 7 heteroatoms. The fourth-order valence-electron chi connectivity index (χ4n) is 1.19. The Morgan fingerprint density at radius 1 is 1.10 bits per heavy atom. The predicted molar refractivity (Wildman–Crippen MR) is 120 cm³/mol. The zero-order valence-corrected chi connectivity index (χ0v) is 20.4. The van der Waals surface area contributed by atoms with Crippen LogP contribution >= 0.6 is 77.2 Å². The molecule has 0 radical (unpaired) electrons. The van der Waals surface area contributed by atoms with Crippen LogP contribution in [-0.4, -0.2) is 11.6 Å². The fourth-order valence-corrected chi connectivity index (χ4v) is 1.19. The fraction of sp³-hybridized carbons (Fsp3) is 0.385. The molecule has 2 nitrogen and oxygen atoms in total. The largest absolute Gasteiger partial charge is 0.412 e. The maximum Gasteiger partial charge on any atom is -0.00974 e. The van der Waals surface area contributed by atoms with Gasteiger partial charge in [0, 0.05) is 0 Å².